The van der Waals surface area contributed by atoms with Crippen molar-refractivity contribution in [3.8, 4) is 0 Å². The van der Waals surface area contributed by atoms with E-state index in [0.29, 0.717) is 6.54 Å². The van der Waals surface area contributed by atoms with Gasteiger partial charge in [-0.05, 0) is 13.3 Å². The summed E-state index contributed by atoms with van der Waals surface area (Å²) in [7, 11) is 0. The first-order chi connectivity index (χ1) is 7.47. The summed E-state index contributed by atoms with van der Waals surface area (Å²) >= 11 is 0. The van der Waals surface area contributed by atoms with Gasteiger partial charge in [-0.15, -0.1) is 0 Å². The molecular formula is C10H17N3O3. The van der Waals surface area contributed by atoms with Crippen LogP contribution in [0.15, 0.2) is 15.8 Å². The van der Waals surface area contributed by atoms with Crippen LogP contribution in [-0.2, 0) is 13.1 Å². The molecule has 0 aliphatic heterocycles. The fourth-order valence-corrected chi connectivity index (χ4v) is 1.50. The molecule has 6 heteroatoms. The second-order valence-corrected chi connectivity index (χ2v) is 3.83. The first-order valence-corrected chi connectivity index (χ1v) is 5.25. The Hall–Kier alpha value is -1.56. The summed E-state index contributed by atoms with van der Waals surface area (Å²) in [6, 6.07) is 0. The molecule has 1 atom stereocenters. The molecule has 1 rings (SSSR count). The van der Waals surface area contributed by atoms with Crippen LogP contribution < -0.4 is 17.0 Å². The predicted octanol–water partition coefficient (Wildman–Crippen LogP) is -0.617. The van der Waals surface area contributed by atoms with E-state index in [1.54, 1.807) is 0 Å². The molecule has 1 aromatic heterocycles. The van der Waals surface area contributed by atoms with Crippen molar-refractivity contribution < 1.29 is 5.11 Å². The van der Waals surface area contributed by atoms with Crippen LogP contribution in [0.3, 0.4) is 0 Å². The predicted molar refractivity (Wildman–Crippen MR) is 61.3 cm³/mol. The van der Waals surface area contributed by atoms with Gasteiger partial charge in [-0.3, -0.25) is 13.9 Å². The number of aryl methyl sites for hydroxylation is 1. The molecule has 16 heavy (non-hydrogen) atoms. The van der Waals surface area contributed by atoms with E-state index in [1.165, 1.54) is 17.7 Å². The number of aromatic nitrogens is 2. The van der Waals surface area contributed by atoms with Crippen LogP contribution >= 0.6 is 0 Å². The van der Waals surface area contributed by atoms with Crippen molar-refractivity contribution >= 4 is 5.69 Å². The molecule has 1 heterocycles. The molecule has 6 nitrogen and oxygen atoms in total. The lowest BCUT2D eigenvalue weighted by molar-refractivity contribution is 0.169. The Morgan fingerprint density at radius 1 is 1.50 bits per heavy atom. The van der Waals surface area contributed by atoms with Crippen molar-refractivity contribution in [1.29, 1.82) is 0 Å². The van der Waals surface area contributed by atoms with Gasteiger partial charge in [0.1, 0.15) is 5.69 Å². The lowest BCUT2D eigenvalue weighted by atomic mass is 10.4. The van der Waals surface area contributed by atoms with Gasteiger partial charge in [0.05, 0.1) is 12.6 Å². The summed E-state index contributed by atoms with van der Waals surface area (Å²) in [6.07, 6.45) is 1.36. The van der Waals surface area contributed by atoms with E-state index in [1.807, 2.05) is 6.92 Å². The van der Waals surface area contributed by atoms with Gasteiger partial charge in [-0.25, -0.2) is 4.79 Å². The van der Waals surface area contributed by atoms with Crippen LogP contribution in [0, 0.1) is 0 Å². The van der Waals surface area contributed by atoms with E-state index in [2.05, 4.69) is 0 Å². The first kappa shape index (κ1) is 12.5. The van der Waals surface area contributed by atoms with E-state index in [0.717, 1.165) is 11.0 Å². The average Bonchev–Trinajstić information content (AvgIpc) is 2.21. The maximum absolute atomic E-state index is 11.8. The molecule has 0 radical (unpaired) electrons. The van der Waals surface area contributed by atoms with E-state index < -0.39 is 17.4 Å². The van der Waals surface area contributed by atoms with E-state index in [9.17, 15) is 14.7 Å². The quantitative estimate of drug-likeness (QED) is 0.717. The molecule has 0 amide bonds. The van der Waals surface area contributed by atoms with Crippen LogP contribution in [-0.4, -0.2) is 20.3 Å². The summed E-state index contributed by atoms with van der Waals surface area (Å²) in [6.45, 7) is 3.90. The SMILES string of the molecule is CCCn1cc(N)c(=O)n(CC(C)O)c1=O. The minimum absolute atomic E-state index is 0.0219. The van der Waals surface area contributed by atoms with Crippen molar-refractivity contribution in [2.45, 2.75) is 39.5 Å². The molecule has 0 aliphatic carbocycles. The smallest absolute Gasteiger partial charge is 0.331 e. The Morgan fingerprint density at radius 3 is 2.62 bits per heavy atom. The molecule has 0 aliphatic rings. The van der Waals surface area contributed by atoms with Gasteiger partial charge >= 0.3 is 5.69 Å². The van der Waals surface area contributed by atoms with Gasteiger partial charge in [0.2, 0.25) is 0 Å². The van der Waals surface area contributed by atoms with Crippen molar-refractivity contribution in [3.05, 3.63) is 27.0 Å². The van der Waals surface area contributed by atoms with Crippen LogP contribution in [0.4, 0.5) is 5.69 Å². The van der Waals surface area contributed by atoms with Crippen LogP contribution in [0.1, 0.15) is 20.3 Å². The second kappa shape index (κ2) is 4.98. The number of rotatable bonds is 4. The van der Waals surface area contributed by atoms with Crippen molar-refractivity contribution in [2.75, 3.05) is 5.73 Å². The van der Waals surface area contributed by atoms with Crippen LogP contribution in [0.5, 0.6) is 0 Å². The Bertz CT molecular complexity index is 473. The molecule has 1 aromatic rings. The molecule has 0 bridgehead atoms. The van der Waals surface area contributed by atoms with E-state index in [4.69, 9.17) is 5.73 Å². The number of hydrogen-bond acceptors (Lipinski definition) is 4. The Kier molecular flexibility index (Phi) is 3.89. The summed E-state index contributed by atoms with van der Waals surface area (Å²) in [4.78, 5) is 23.4. The normalized spacial score (nSPS) is 12.7. The highest BCUT2D eigenvalue weighted by atomic mass is 16.3. The molecular weight excluding hydrogens is 210 g/mol. The summed E-state index contributed by atoms with van der Waals surface area (Å²) in [5, 5.41) is 9.22. The van der Waals surface area contributed by atoms with Gasteiger partial charge < -0.3 is 10.8 Å². The third kappa shape index (κ3) is 2.52. The number of nitrogens with zero attached hydrogens (tertiary/aromatic N) is 2. The maximum Gasteiger partial charge on any atom is 0.331 e. The third-order valence-electron chi connectivity index (χ3n) is 2.17. The molecule has 1 unspecified atom stereocenters. The van der Waals surface area contributed by atoms with Gasteiger partial charge in [0.15, 0.2) is 0 Å². The monoisotopic (exact) mass is 227 g/mol. The van der Waals surface area contributed by atoms with Gasteiger partial charge in [0, 0.05) is 12.7 Å². The molecule has 0 spiro atoms. The maximum atomic E-state index is 11.8. The zero-order valence-electron chi connectivity index (χ0n) is 9.51. The summed E-state index contributed by atoms with van der Waals surface area (Å²) in [5.74, 6) is 0. The molecule has 0 aromatic carbocycles. The number of aliphatic hydroxyl groups is 1. The summed E-state index contributed by atoms with van der Waals surface area (Å²) in [5.41, 5.74) is 4.57. The summed E-state index contributed by atoms with van der Waals surface area (Å²) < 4.78 is 2.36. The number of aliphatic hydroxyl groups excluding tert-OH is 1. The topological polar surface area (TPSA) is 90.2 Å². The van der Waals surface area contributed by atoms with Crippen LogP contribution in [0.2, 0.25) is 0 Å². The van der Waals surface area contributed by atoms with Crippen LogP contribution in [0.25, 0.3) is 0 Å². The van der Waals surface area contributed by atoms with E-state index >= 15 is 0 Å². The fourth-order valence-electron chi connectivity index (χ4n) is 1.50. The number of nitrogens with two attached hydrogens (primary N) is 1. The average molecular weight is 227 g/mol. The minimum atomic E-state index is -0.762. The number of anilines is 1. The van der Waals surface area contributed by atoms with Gasteiger partial charge in [-0.1, -0.05) is 6.92 Å². The zero-order chi connectivity index (χ0) is 12.3. The molecule has 0 fully saturated rings. The molecule has 0 saturated heterocycles. The molecule has 90 valence electrons. The zero-order valence-corrected chi connectivity index (χ0v) is 9.51. The highest BCUT2D eigenvalue weighted by Gasteiger charge is 2.10. The molecule has 0 saturated carbocycles. The lowest BCUT2D eigenvalue weighted by Crippen LogP contribution is -2.42. The third-order valence-corrected chi connectivity index (χ3v) is 2.17. The van der Waals surface area contributed by atoms with Gasteiger partial charge in [-0.2, -0.15) is 0 Å². The second-order valence-electron chi connectivity index (χ2n) is 3.83. The Labute approximate surface area is 92.9 Å². The first-order valence-electron chi connectivity index (χ1n) is 5.25. The lowest BCUT2D eigenvalue weighted by Gasteiger charge is -2.11. The fraction of sp³-hybridized carbons (Fsp3) is 0.600. The standard InChI is InChI=1S/C10H17N3O3/c1-3-4-12-6-8(11)9(15)13(10(12)16)5-7(2)14/h6-7,14H,3-5,11H2,1-2H3. The van der Waals surface area contributed by atoms with Crippen molar-refractivity contribution in [2.24, 2.45) is 0 Å². The molecule has 3 N–H and O–H groups in total. The minimum Gasteiger partial charge on any atom is -0.393 e. The largest absolute Gasteiger partial charge is 0.393 e. The highest BCUT2D eigenvalue weighted by Crippen LogP contribution is 1.93. The Morgan fingerprint density at radius 2 is 2.12 bits per heavy atom. The Balaban J connectivity index is 3.34. The number of nitrogen functional groups attached to an aromatic ring is 1. The van der Waals surface area contributed by atoms with E-state index in [-0.39, 0.29) is 12.2 Å². The van der Waals surface area contributed by atoms with Crippen molar-refractivity contribution in [1.82, 2.24) is 9.13 Å². The highest BCUT2D eigenvalue weighted by molar-refractivity contribution is 5.30. The number of hydrogen-bond donors (Lipinski definition) is 2. The van der Waals surface area contributed by atoms with Gasteiger partial charge in [0.25, 0.3) is 5.56 Å². The van der Waals surface area contributed by atoms with Crippen molar-refractivity contribution in [3.63, 3.8) is 0 Å².